The number of aliphatic hydroxyl groups excluding tert-OH is 1. The van der Waals surface area contributed by atoms with Crippen molar-refractivity contribution >= 4 is 0 Å². The SMILES string of the molecule is C=CCCCC(O)C(C)(C)c1ccccc1. The van der Waals surface area contributed by atoms with Crippen molar-refractivity contribution in [3.05, 3.63) is 48.6 Å². The highest BCUT2D eigenvalue weighted by molar-refractivity contribution is 5.24. The quantitative estimate of drug-likeness (QED) is 0.570. The van der Waals surface area contributed by atoms with Gasteiger partial charge in [0.25, 0.3) is 0 Å². The third kappa shape index (κ3) is 3.21. The maximum atomic E-state index is 10.2. The fraction of sp³-hybridized carbons (Fsp3) is 0.467. The number of benzene rings is 1. The zero-order valence-electron chi connectivity index (χ0n) is 10.3. The van der Waals surface area contributed by atoms with E-state index < -0.39 is 0 Å². The number of aliphatic hydroxyl groups is 1. The molecule has 0 aromatic heterocycles. The molecular weight excluding hydrogens is 196 g/mol. The van der Waals surface area contributed by atoms with Crippen molar-refractivity contribution in [2.45, 2.75) is 44.6 Å². The van der Waals surface area contributed by atoms with Crippen molar-refractivity contribution in [3.8, 4) is 0 Å². The topological polar surface area (TPSA) is 20.2 Å². The minimum atomic E-state index is -0.296. The summed E-state index contributed by atoms with van der Waals surface area (Å²) in [6.07, 6.45) is 4.41. The Hall–Kier alpha value is -1.08. The summed E-state index contributed by atoms with van der Waals surface area (Å²) in [5.74, 6) is 0. The monoisotopic (exact) mass is 218 g/mol. The summed E-state index contributed by atoms with van der Waals surface area (Å²) in [6.45, 7) is 7.89. The normalized spacial score (nSPS) is 13.4. The van der Waals surface area contributed by atoms with Crippen molar-refractivity contribution in [2.75, 3.05) is 0 Å². The van der Waals surface area contributed by atoms with Crippen LogP contribution in [0.4, 0.5) is 0 Å². The Labute approximate surface area is 98.8 Å². The molecular formula is C15H22O. The Morgan fingerprint density at radius 1 is 1.31 bits per heavy atom. The number of unbranched alkanes of at least 4 members (excludes halogenated alkanes) is 1. The molecule has 88 valence electrons. The first-order chi connectivity index (χ1) is 7.59. The molecule has 0 spiro atoms. The third-order valence-electron chi connectivity index (χ3n) is 3.24. The van der Waals surface area contributed by atoms with Crippen molar-refractivity contribution in [3.63, 3.8) is 0 Å². The number of rotatable bonds is 6. The predicted molar refractivity (Wildman–Crippen MR) is 69.5 cm³/mol. The van der Waals surface area contributed by atoms with E-state index in [2.05, 4.69) is 32.6 Å². The molecule has 1 aromatic rings. The molecule has 0 saturated heterocycles. The molecule has 0 amide bonds. The van der Waals surface area contributed by atoms with E-state index in [4.69, 9.17) is 0 Å². The second-order valence-electron chi connectivity index (χ2n) is 4.82. The molecule has 0 bridgehead atoms. The zero-order valence-corrected chi connectivity index (χ0v) is 10.3. The Kier molecular flexibility index (Phi) is 4.75. The van der Waals surface area contributed by atoms with Gasteiger partial charge in [0.1, 0.15) is 0 Å². The molecule has 0 aliphatic heterocycles. The third-order valence-corrected chi connectivity index (χ3v) is 3.24. The largest absolute Gasteiger partial charge is 0.392 e. The highest BCUT2D eigenvalue weighted by Gasteiger charge is 2.28. The maximum absolute atomic E-state index is 10.2. The first-order valence-electron chi connectivity index (χ1n) is 5.93. The lowest BCUT2D eigenvalue weighted by Crippen LogP contribution is -2.33. The van der Waals surface area contributed by atoms with Crippen LogP contribution in [-0.4, -0.2) is 11.2 Å². The van der Waals surface area contributed by atoms with Gasteiger partial charge in [0.2, 0.25) is 0 Å². The first-order valence-corrected chi connectivity index (χ1v) is 5.93. The van der Waals surface area contributed by atoms with E-state index >= 15 is 0 Å². The molecule has 0 heterocycles. The Morgan fingerprint density at radius 3 is 2.50 bits per heavy atom. The van der Waals surface area contributed by atoms with Gasteiger partial charge >= 0.3 is 0 Å². The molecule has 0 saturated carbocycles. The molecule has 0 fully saturated rings. The summed E-state index contributed by atoms with van der Waals surface area (Å²) in [7, 11) is 0. The summed E-state index contributed by atoms with van der Waals surface area (Å²) in [4.78, 5) is 0. The molecule has 1 heteroatoms. The standard InChI is InChI=1S/C15H22O/c1-4-5-7-12-14(16)15(2,3)13-10-8-6-9-11-13/h4,6,8-11,14,16H,1,5,7,12H2,2-3H3. The van der Waals surface area contributed by atoms with Crippen LogP contribution in [0.15, 0.2) is 43.0 Å². The van der Waals surface area contributed by atoms with Crippen LogP contribution in [0.25, 0.3) is 0 Å². The Bertz CT molecular complexity index is 313. The van der Waals surface area contributed by atoms with Crippen LogP contribution in [-0.2, 0) is 5.41 Å². The fourth-order valence-electron chi connectivity index (χ4n) is 1.88. The lowest BCUT2D eigenvalue weighted by Gasteiger charge is -2.31. The fourth-order valence-corrected chi connectivity index (χ4v) is 1.88. The average molecular weight is 218 g/mol. The lowest BCUT2D eigenvalue weighted by atomic mass is 9.77. The van der Waals surface area contributed by atoms with Gasteiger partial charge in [0, 0.05) is 5.41 Å². The van der Waals surface area contributed by atoms with Crippen LogP contribution < -0.4 is 0 Å². The van der Waals surface area contributed by atoms with Crippen LogP contribution in [0.3, 0.4) is 0 Å². The Morgan fingerprint density at radius 2 is 1.94 bits per heavy atom. The molecule has 1 rings (SSSR count). The van der Waals surface area contributed by atoms with Crippen molar-refractivity contribution in [1.82, 2.24) is 0 Å². The van der Waals surface area contributed by atoms with E-state index in [1.807, 2.05) is 24.3 Å². The Balaban J connectivity index is 2.65. The van der Waals surface area contributed by atoms with E-state index in [1.54, 1.807) is 0 Å². The lowest BCUT2D eigenvalue weighted by molar-refractivity contribution is 0.0895. The van der Waals surface area contributed by atoms with Gasteiger partial charge in [-0.2, -0.15) is 0 Å². The van der Waals surface area contributed by atoms with Gasteiger partial charge in [0.15, 0.2) is 0 Å². The molecule has 0 aliphatic rings. The van der Waals surface area contributed by atoms with E-state index in [9.17, 15) is 5.11 Å². The minimum Gasteiger partial charge on any atom is -0.392 e. The second-order valence-corrected chi connectivity index (χ2v) is 4.82. The van der Waals surface area contributed by atoms with Gasteiger partial charge < -0.3 is 5.11 Å². The molecule has 0 radical (unpaired) electrons. The van der Waals surface area contributed by atoms with Crippen LogP contribution in [0.1, 0.15) is 38.7 Å². The van der Waals surface area contributed by atoms with Gasteiger partial charge in [-0.3, -0.25) is 0 Å². The average Bonchev–Trinajstić information content (AvgIpc) is 2.30. The molecule has 1 atom stereocenters. The summed E-state index contributed by atoms with van der Waals surface area (Å²) in [6, 6.07) is 10.2. The molecule has 1 N–H and O–H groups in total. The van der Waals surface area contributed by atoms with Crippen LogP contribution in [0.2, 0.25) is 0 Å². The highest BCUT2D eigenvalue weighted by Crippen LogP contribution is 2.29. The maximum Gasteiger partial charge on any atom is 0.0631 e. The number of hydrogen-bond donors (Lipinski definition) is 1. The van der Waals surface area contributed by atoms with E-state index in [0.29, 0.717) is 0 Å². The molecule has 0 aliphatic carbocycles. The van der Waals surface area contributed by atoms with Crippen LogP contribution in [0, 0.1) is 0 Å². The van der Waals surface area contributed by atoms with E-state index in [1.165, 1.54) is 5.56 Å². The summed E-state index contributed by atoms with van der Waals surface area (Å²) in [5, 5.41) is 10.2. The smallest absolute Gasteiger partial charge is 0.0631 e. The molecule has 16 heavy (non-hydrogen) atoms. The number of hydrogen-bond acceptors (Lipinski definition) is 1. The van der Waals surface area contributed by atoms with Crippen molar-refractivity contribution in [2.24, 2.45) is 0 Å². The molecule has 1 unspecified atom stereocenters. The van der Waals surface area contributed by atoms with Crippen LogP contribution in [0.5, 0.6) is 0 Å². The first kappa shape index (κ1) is 13.0. The molecule has 1 aromatic carbocycles. The van der Waals surface area contributed by atoms with Gasteiger partial charge in [-0.1, -0.05) is 50.3 Å². The highest BCUT2D eigenvalue weighted by atomic mass is 16.3. The summed E-state index contributed by atoms with van der Waals surface area (Å²) < 4.78 is 0. The van der Waals surface area contributed by atoms with Gasteiger partial charge in [0.05, 0.1) is 6.10 Å². The minimum absolute atomic E-state index is 0.178. The van der Waals surface area contributed by atoms with Crippen molar-refractivity contribution in [1.29, 1.82) is 0 Å². The van der Waals surface area contributed by atoms with E-state index in [-0.39, 0.29) is 11.5 Å². The number of allylic oxidation sites excluding steroid dienone is 1. The van der Waals surface area contributed by atoms with Gasteiger partial charge in [-0.05, 0) is 24.8 Å². The second kappa shape index (κ2) is 5.86. The van der Waals surface area contributed by atoms with E-state index in [0.717, 1.165) is 19.3 Å². The van der Waals surface area contributed by atoms with Gasteiger partial charge in [-0.15, -0.1) is 6.58 Å². The van der Waals surface area contributed by atoms with Crippen molar-refractivity contribution < 1.29 is 5.11 Å². The predicted octanol–water partition coefficient (Wildman–Crippen LogP) is 3.68. The summed E-state index contributed by atoms with van der Waals surface area (Å²) >= 11 is 0. The van der Waals surface area contributed by atoms with Crippen LogP contribution >= 0.6 is 0 Å². The molecule has 1 nitrogen and oxygen atoms in total. The van der Waals surface area contributed by atoms with Gasteiger partial charge in [-0.25, -0.2) is 0 Å². The summed E-state index contributed by atoms with van der Waals surface area (Å²) in [5.41, 5.74) is 1.02. The zero-order chi connectivity index (χ0) is 12.0.